The summed E-state index contributed by atoms with van der Waals surface area (Å²) < 4.78 is 32.9. The largest absolute Gasteiger partial charge is 0.462 e. The summed E-state index contributed by atoms with van der Waals surface area (Å²) in [6.45, 7) is 4.32. The van der Waals surface area contributed by atoms with Crippen LogP contribution in [-0.4, -0.2) is 46.5 Å². The van der Waals surface area contributed by atoms with E-state index in [1.165, 1.54) is 29.8 Å². The van der Waals surface area contributed by atoms with Gasteiger partial charge in [-0.1, -0.05) is 31.2 Å². The van der Waals surface area contributed by atoms with Crippen LogP contribution in [0.25, 0.3) is 0 Å². The molecule has 0 saturated carbocycles. The first kappa shape index (κ1) is 22.1. The van der Waals surface area contributed by atoms with Crippen molar-refractivity contribution in [3.8, 4) is 0 Å². The monoisotopic (exact) mass is 404 g/mol. The number of rotatable bonds is 9. The molecule has 0 heterocycles. The van der Waals surface area contributed by atoms with Gasteiger partial charge in [-0.15, -0.1) is 0 Å². The van der Waals surface area contributed by atoms with E-state index in [2.05, 4.69) is 23.8 Å². The molecule has 0 spiro atoms. The highest BCUT2D eigenvalue weighted by Gasteiger charge is 2.20. The van der Waals surface area contributed by atoms with E-state index in [9.17, 15) is 13.2 Å². The lowest BCUT2D eigenvalue weighted by molar-refractivity contribution is 0.0526. The number of esters is 1. The predicted molar refractivity (Wildman–Crippen MR) is 110 cm³/mol. The fraction of sp³-hybridized carbons (Fsp3) is 0.381. The Morgan fingerprint density at radius 2 is 1.64 bits per heavy atom. The van der Waals surface area contributed by atoms with E-state index in [0.717, 1.165) is 12.0 Å². The molecule has 0 unspecified atom stereocenters. The lowest BCUT2D eigenvalue weighted by Gasteiger charge is -2.25. The standard InChI is InChI=1S/C21H28N2O4S/c1-5-16-7-9-17(10-8-16)20(23(3)4)15-22-28(25,26)19-13-11-18(12-14-19)21(24)27-6-2/h7-14,20,22H,5-6,15H2,1-4H3/t20-/m0/s1. The van der Waals surface area contributed by atoms with Crippen molar-refractivity contribution in [2.24, 2.45) is 0 Å². The lowest BCUT2D eigenvalue weighted by Crippen LogP contribution is -2.34. The Kier molecular flexibility index (Phi) is 7.74. The number of nitrogens with zero attached hydrogens (tertiary/aromatic N) is 1. The van der Waals surface area contributed by atoms with Gasteiger partial charge in [0.25, 0.3) is 0 Å². The van der Waals surface area contributed by atoms with Crippen LogP contribution in [0.1, 0.15) is 41.4 Å². The fourth-order valence-corrected chi connectivity index (χ4v) is 3.87. The first-order valence-electron chi connectivity index (χ1n) is 9.30. The summed E-state index contributed by atoms with van der Waals surface area (Å²) in [6, 6.07) is 13.8. The van der Waals surface area contributed by atoms with Gasteiger partial charge in [0, 0.05) is 12.6 Å². The number of carbonyl (C=O) groups excluding carboxylic acids is 1. The van der Waals surface area contributed by atoms with Crippen LogP contribution in [0.5, 0.6) is 0 Å². The summed E-state index contributed by atoms with van der Waals surface area (Å²) >= 11 is 0. The maximum atomic E-state index is 12.7. The Labute approximate surface area is 167 Å². The summed E-state index contributed by atoms with van der Waals surface area (Å²) in [4.78, 5) is 13.8. The highest BCUT2D eigenvalue weighted by Crippen LogP contribution is 2.20. The lowest BCUT2D eigenvalue weighted by atomic mass is 10.0. The number of likely N-dealkylation sites (N-methyl/N-ethyl adjacent to an activating group) is 1. The maximum Gasteiger partial charge on any atom is 0.338 e. The Hall–Kier alpha value is -2.22. The molecule has 7 heteroatoms. The molecule has 1 N–H and O–H groups in total. The highest BCUT2D eigenvalue weighted by atomic mass is 32.2. The SMILES string of the molecule is CCOC(=O)c1ccc(S(=O)(=O)NC[C@@H](c2ccc(CC)cc2)N(C)C)cc1. The third-order valence-electron chi connectivity index (χ3n) is 4.54. The molecule has 28 heavy (non-hydrogen) atoms. The van der Waals surface area contributed by atoms with Crippen LogP contribution in [0, 0.1) is 0 Å². The highest BCUT2D eigenvalue weighted by molar-refractivity contribution is 7.89. The van der Waals surface area contributed by atoms with E-state index < -0.39 is 16.0 Å². The number of aryl methyl sites for hydroxylation is 1. The zero-order chi connectivity index (χ0) is 20.7. The van der Waals surface area contributed by atoms with Crippen LogP contribution in [0.2, 0.25) is 0 Å². The van der Waals surface area contributed by atoms with Crippen molar-refractivity contribution >= 4 is 16.0 Å². The summed E-state index contributed by atoms with van der Waals surface area (Å²) in [5.41, 5.74) is 2.61. The Balaban J connectivity index is 2.12. The molecule has 2 aromatic rings. The maximum absolute atomic E-state index is 12.7. The Bertz CT molecular complexity index is 876. The first-order chi connectivity index (χ1) is 13.3. The molecule has 0 saturated heterocycles. The molecule has 0 aliphatic heterocycles. The number of hydrogen-bond acceptors (Lipinski definition) is 5. The van der Waals surface area contributed by atoms with Gasteiger partial charge in [0.15, 0.2) is 0 Å². The van der Waals surface area contributed by atoms with Crippen LogP contribution >= 0.6 is 0 Å². The minimum Gasteiger partial charge on any atom is -0.462 e. The molecule has 2 rings (SSSR count). The van der Waals surface area contributed by atoms with Crippen LogP contribution in [0.4, 0.5) is 0 Å². The number of sulfonamides is 1. The molecule has 0 amide bonds. The van der Waals surface area contributed by atoms with Crippen molar-refractivity contribution < 1.29 is 17.9 Å². The van der Waals surface area contributed by atoms with Crippen LogP contribution in [0.3, 0.4) is 0 Å². The van der Waals surface area contributed by atoms with Crippen molar-refractivity contribution in [3.05, 3.63) is 65.2 Å². The van der Waals surface area contributed by atoms with E-state index in [4.69, 9.17) is 4.74 Å². The normalized spacial score (nSPS) is 12.8. The van der Waals surface area contributed by atoms with Crippen LogP contribution in [0.15, 0.2) is 53.4 Å². The molecule has 0 aromatic heterocycles. The van der Waals surface area contributed by atoms with E-state index >= 15 is 0 Å². The molecular weight excluding hydrogens is 376 g/mol. The van der Waals surface area contributed by atoms with Gasteiger partial charge in [-0.25, -0.2) is 17.9 Å². The molecule has 6 nitrogen and oxygen atoms in total. The average Bonchev–Trinajstić information content (AvgIpc) is 2.68. The molecule has 0 bridgehead atoms. The summed E-state index contributed by atoms with van der Waals surface area (Å²) in [6.07, 6.45) is 0.960. The van der Waals surface area contributed by atoms with Crippen LogP contribution in [-0.2, 0) is 21.2 Å². The average molecular weight is 405 g/mol. The zero-order valence-corrected chi connectivity index (χ0v) is 17.6. The quantitative estimate of drug-likeness (QED) is 0.650. The van der Waals surface area contributed by atoms with Crippen molar-refractivity contribution in [1.29, 1.82) is 0 Å². The molecule has 0 radical (unpaired) electrons. The molecule has 152 valence electrons. The Morgan fingerprint density at radius 3 is 2.14 bits per heavy atom. The van der Waals surface area contributed by atoms with Gasteiger partial charge in [0.2, 0.25) is 10.0 Å². The van der Waals surface area contributed by atoms with E-state index in [-0.39, 0.29) is 24.1 Å². The van der Waals surface area contributed by atoms with Crippen molar-refractivity contribution in [2.45, 2.75) is 31.2 Å². The third-order valence-corrected chi connectivity index (χ3v) is 5.98. The Morgan fingerprint density at radius 1 is 1.04 bits per heavy atom. The second-order valence-corrected chi connectivity index (χ2v) is 8.44. The number of hydrogen-bond donors (Lipinski definition) is 1. The summed E-state index contributed by atoms with van der Waals surface area (Å²) in [5, 5.41) is 0. The van der Waals surface area contributed by atoms with Gasteiger partial charge in [0.1, 0.15) is 0 Å². The van der Waals surface area contributed by atoms with E-state index in [0.29, 0.717) is 5.56 Å². The van der Waals surface area contributed by atoms with Gasteiger partial charge in [-0.05, 0) is 62.8 Å². The topological polar surface area (TPSA) is 75.7 Å². The second kappa shape index (κ2) is 9.82. The number of carbonyl (C=O) groups is 1. The molecular formula is C21H28N2O4S. The number of benzene rings is 2. The predicted octanol–water partition coefficient (Wildman–Crippen LogP) is 3.01. The minimum absolute atomic E-state index is 0.0977. The van der Waals surface area contributed by atoms with Gasteiger partial charge >= 0.3 is 5.97 Å². The van der Waals surface area contributed by atoms with Crippen LogP contribution < -0.4 is 4.72 Å². The van der Waals surface area contributed by atoms with Gasteiger partial charge in [0.05, 0.1) is 17.1 Å². The van der Waals surface area contributed by atoms with E-state index in [1.54, 1.807) is 6.92 Å². The van der Waals surface area contributed by atoms with Gasteiger partial charge in [-0.3, -0.25) is 0 Å². The third kappa shape index (κ3) is 5.64. The second-order valence-electron chi connectivity index (χ2n) is 6.67. The van der Waals surface area contributed by atoms with E-state index in [1.807, 2.05) is 31.1 Å². The van der Waals surface area contributed by atoms with Gasteiger partial charge < -0.3 is 9.64 Å². The van der Waals surface area contributed by atoms with Crippen molar-refractivity contribution in [2.75, 3.05) is 27.2 Å². The molecule has 2 aromatic carbocycles. The first-order valence-corrected chi connectivity index (χ1v) is 10.8. The molecule has 1 atom stereocenters. The molecule has 0 aliphatic carbocycles. The number of ether oxygens (including phenoxy) is 1. The summed E-state index contributed by atoms with van der Waals surface area (Å²) in [5.74, 6) is -0.470. The summed E-state index contributed by atoms with van der Waals surface area (Å²) in [7, 11) is 0.142. The molecule has 0 fully saturated rings. The smallest absolute Gasteiger partial charge is 0.338 e. The van der Waals surface area contributed by atoms with Crippen molar-refractivity contribution in [1.82, 2.24) is 9.62 Å². The fourth-order valence-electron chi connectivity index (χ4n) is 2.83. The minimum atomic E-state index is -3.69. The number of nitrogens with one attached hydrogen (secondary N) is 1. The van der Waals surface area contributed by atoms with Crippen molar-refractivity contribution in [3.63, 3.8) is 0 Å². The molecule has 0 aliphatic rings. The van der Waals surface area contributed by atoms with Gasteiger partial charge in [-0.2, -0.15) is 0 Å². The zero-order valence-electron chi connectivity index (χ0n) is 16.8.